The second kappa shape index (κ2) is 6.40. The van der Waals surface area contributed by atoms with Crippen LogP contribution < -0.4 is 5.32 Å². The van der Waals surface area contributed by atoms with E-state index in [2.05, 4.69) is 43.2 Å². The Kier molecular flexibility index (Phi) is 5.46. The normalized spacial score (nSPS) is 13.9. The molecule has 0 aliphatic carbocycles. The van der Waals surface area contributed by atoms with E-state index in [4.69, 9.17) is 4.52 Å². The van der Waals surface area contributed by atoms with E-state index in [1.54, 1.807) is 0 Å². The van der Waals surface area contributed by atoms with Gasteiger partial charge in [0.15, 0.2) is 5.82 Å². The first-order valence-corrected chi connectivity index (χ1v) is 7.06. The number of thioether (sulfide) groups is 1. The SMILES string of the molecule is CCC(Cc1nc(CSC(C)(C)C)no1)NC. The molecule has 1 aromatic heterocycles. The number of nitrogens with zero attached hydrogens (tertiary/aromatic N) is 2. The molecule has 1 N–H and O–H groups in total. The largest absolute Gasteiger partial charge is 0.339 e. The van der Waals surface area contributed by atoms with Gasteiger partial charge in [0.2, 0.25) is 5.89 Å². The third kappa shape index (κ3) is 5.55. The first kappa shape index (κ1) is 14.5. The molecular formula is C12H23N3OS. The van der Waals surface area contributed by atoms with Crippen molar-refractivity contribution in [2.24, 2.45) is 0 Å². The molecule has 1 aromatic rings. The van der Waals surface area contributed by atoms with Gasteiger partial charge in [-0.25, -0.2) is 0 Å². The molecule has 1 heterocycles. The Hall–Kier alpha value is -0.550. The summed E-state index contributed by atoms with van der Waals surface area (Å²) in [5.41, 5.74) is 0. The van der Waals surface area contributed by atoms with Crippen LogP contribution in [0.2, 0.25) is 0 Å². The third-order valence-electron chi connectivity index (χ3n) is 2.47. The van der Waals surface area contributed by atoms with Crippen LogP contribution in [0.15, 0.2) is 4.52 Å². The van der Waals surface area contributed by atoms with Crippen molar-refractivity contribution in [2.45, 2.75) is 57.1 Å². The molecule has 1 rings (SSSR count). The molecule has 0 aromatic carbocycles. The van der Waals surface area contributed by atoms with Crippen LogP contribution in [-0.2, 0) is 12.2 Å². The van der Waals surface area contributed by atoms with Crippen LogP contribution in [0, 0.1) is 0 Å². The second-order valence-corrected chi connectivity index (χ2v) is 6.91. The van der Waals surface area contributed by atoms with Crippen molar-refractivity contribution in [3.63, 3.8) is 0 Å². The van der Waals surface area contributed by atoms with Gasteiger partial charge in [-0.05, 0) is 13.5 Å². The summed E-state index contributed by atoms with van der Waals surface area (Å²) in [4.78, 5) is 4.41. The van der Waals surface area contributed by atoms with E-state index in [-0.39, 0.29) is 4.75 Å². The molecule has 5 heteroatoms. The molecule has 0 saturated carbocycles. The van der Waals surface area contributed by atoms with Crippen molar-refractivity contribution in [3.8, 4) is 0 Å². The quantitative estimate of drug-likeness (QED) is 0.849. The lowest BCUT2D eigenvalue weighted by atomic mass is 10.1. The zero-order chi connectivity index (χ0) is 12.9. The molecule has 17 heavy (non-hydrogen) atoms. The fourth-order valence-electron chi connectivity index (χ4n) is 1.37. The highest BCUT2D eigenvalue weighted by molar-refractivity contribution is 7.99. The zero-order valence-corrected chi connectivity index (χ0v) is 12.2. The van der Waals surface area contributed by atoms with Gasteiger partial charge in [-0.3, -0.25) is 0 Å². The lowest BCUT2D eigenvalue weighted by Crippen LogP contribution is -2.26. The molecule has 1 atom stereocenters. The van der Waals surface area contributed by atoms with Crippen LogP contribution in [-0.4, -0.2) is 28.0 Å². The van der Waals surface area contributed by atoms with Crippen molar-refractivity contribution in [1.82, 2.24) is 15.5 Å². The molecular weight excluding hydrogens is 234 g/mol. The van der Waals surface area contributed by atoms with Crippen LogP contribution >= 0.6 is 11.8 Å². The van der Waals surface area contributed by atoms with E-state index in [1.807, 2.05) is 18.8 Å². The van der Waals surface area contributed by atoms with Gasteiger partial charge in [0, 0.05) is 17.2 Å². The van der Waals surface area contributed by atoms with E-state index in [0.717, 1.165) is 30.3 Å². The first-order chi connectivity index (χ1) is 7.94. The van der Waals surface area contributed by atoms with E-state index in [1.165, 1.54) is 0 Å². The Morgan fingerprint density at radius 2 is 2.12 bits per heavy atom. The average Bonchev–Trinajstić information content (AvgIpc) is 2.70. The summed E-state index contributed by atoms with van der Waals surface area (Å²) in [6.45, 7) is 8.71. The molecule has 0 bridgehead atoms. The van der Waals surface area contributed by atoms with E-state index in [9.17, 15) is 0 Å². The fourth-order valence-corrected chi connectivity index (χ4v) is 2.05. The Morgan fingerprint density at radius 1 is 1.41 bits per heavy atom. The number of hydrogen-bond donors (Lipinski definition) is 1. The van der Waals surface area contributed by atoms with E-state index in [0.29, 0.717) is 6.04 Å². The van der Waals surface area contributed by atoms with Crippen LogP contribution in [0.3, 0.4) is 0 Å². The van der Waals surface area contributed by atoms with Gasteiger partial charge in [-0.15, -0.1) is 11.8 Å². The van der Waals surface area contributed by atoms with Gasteiger partial charge in [-0.2, -0.15) is 4.98 Å². The Bertz CT molecular complexity index is 329. The second-order valence-electron chi connectivity index (χ2n) is 5.10. The summed E-state index contributed by atoms with van der Waals surface area (Å²) >= 11 is 1.83. The van der Waals surface area contributed by atoms with E-state index >= 15 is 0 Å². The third-order valence-corrected chi connectivity index (χ3v) is 3.74. The Morgan fingerprint density at radius 3 is 2.65 bits per heavy atom. The maximum atomic E-state index is 5.25. The first-order valence-electron chi connectivity index (χ1n) is 6.07. The minimum atomic E-state index is 0.234. The predicted molar refractivity (Wildman–Crippen MR) is 72.2 cm³/mol. The van der Waals surface area contributed by atoms with Gasteiger partial charge < -0.3 is 9.84 Å². The van der Waals surface area contributed by atoms with Crippen molar-refractivity contribution in [3.05, 3.63) is 11.7 Å². The molecule has 0 radical (unpaired) electrons. The maximum Gasteiger partial charge on any atom is 0.228 e. The molecule has 0 aliphatic heterocycles. The summed E-state index contributed by atoms with van der Waals surface area (Å²) in [7, 11) is 1.96. The average molecular weight is 257 g/mol. The monoisotopic (exact) mass is 257 g/mol. The summed E-state index contributed by atoms with van der Waals surface area (Å²) in [6, 6.07) is 0.415. The number of likely N-dealkylation sites (N-methyl/N-ethyl adjacent to an activating group) is 1. The molecule has 0 aliphatic rings. The topological polar surface area (TPSA) is 51.0 Å². The number of rotatable bonds is 6. The molecule has 98 valence electrons. The number of aromatic nitrogens is 2. The number of hydrogen-bond acceptors (Lipinski definition) is 5. The molecule has 4 nitrogen and oxygen atoms in total. The highest BCUT2D eigenvalue weighted by Crippen LogP contribution is 2.26. The minimum absolute atomic E-state index is 0.234. The summed E-state index contributed by atoms with van der Waals surface area (Å²) in [6.07, 6.45) is 1.87. The molecule has 0 spiro atoms. The highest BCUT2D eigenvalue weighted by Gasteiger charge is 2.15. The Balaban J connectivity index is 2.48. The van der Waals surface area contributed by atoms with Crippen molar-refractivity contribution in [1.29, 1.82) is 0 Å². The maximum absolute atomic E-state index is 5.25. The van der Waals surface area contributed by atoms with Crippen molar-refractivity contribution in [2.75, 3.05) is 7.05 Å². The summed E-state index contributed by atoms with van der Waals surface area (Å²) in [5, 5.41) is 7.24. The lowest BCUT2D eigenvalue weighted by Gasteiger charge is -2.15. The molecule has 0 fully saturated rings. The molecule has 0 amide bonds. The van der Waals surface area contributed by atoms with Crippen LogP contribution in [0.5, 0.6) is 0 Å². The lowest BCUT2D eigenvalue weighted by molar-refractivity contribution is 0.356. The van der Waals surface area contributed by atoms with E-state index < -0.39 is 0 Å². The van der Waals surface area contributed by atoms with Crippen LogP contribution in [0.1, 0.15) is 45.8 Å². The molecule has 0 saturated heterocycles. The smallest absolute Gasteiger partial charge is 0.228 e. The fraction of sp³-hybridized carbons (Fsp3) is 0.833. The summed E-state index contributed by atoms with van der Waals surface area (Å²) < 4.78 is 5.48. The molecule has 1 unspecified atom stereocenters. The van der Waals surface area contributed by atoms with Crippen molar-refractivity contribution < 1.29 is 4.52 Å². The van der Waals surface area contributed by atoms with Crippen molar-refractivity contribution >= 4 is 11.8 Å². The standard InChI is InChI=1S/C12H23N3OS/c1-6-9(13-5)7-11-14-10(15-16-11)8-17-12(2,3)4/h9,13H,6-8H2,1-5H3. The zero-order valence-electron chi connectivity index (χ0n) is 11.4. The minimum Gasteiger partial charge on any atom is -0.339 e. The number of nitrogens with one attached hydrogen (secondary N) is 1. The van der Waals surface area contributed by atoms with Gasteiger partial charge in [0.05, 0.1) is 5.75 Å². The van der Waals surface area contributed by atoms with Gasteiger partial charge in [-0.1, -0.05) is 32.9 Å². The van der Waals surface area contributed by atoms with Crippen LogP contribution in [0.25, 0.3) is 0 Å². The van der Waals surface area contributed by atoms with Gasteiger partial charge in [0.1, 0.15) is 0 Å². The highest BCUT2D eigenvalue weighted by atomic mass is 32.2. The predicted octanol–water partition coefficient (Wildman–Crippen LogP) is 2.64. The van der Waals surface area contributed by atoms with Gasteiger partial charge in [0.25, 0.3) is 0 Å². The summed E-state index contributed by atoms with van der Waals surface area (Å²) in [5.74, 6) is 2.34. The van der Waals surface area contributed by atoms with Gasteiger partial charge >= 0.3 is 0 Å². The van der Waals surface area contributed by atoms with Crippen LogP contribution in [0.4, 0.5) is 0 Å². The Labute approximate surface area is 108 Å².